The summed E-state index contributed by atoms with van der Waals surface area (Å²) in [4.78, 5) is 24.2. The maximum absolute atomic E-state index is 12.3. The maximum atomic E-state index is 12.3. The molecule has 124 valence electrons. The van der Waals surface area contributed by atoms with Crippen LogP contribution in [0, 0.1) is 0 Å². The van der Waals surface area contributed by atoms with E-state index in [1.807, 2.05) is 24.3 Å². The van der Waals surface area contributed by atoms with Gasteiger partial charge in [0.25, 0.3) is 5.91 Å². The molecule has 0 aromatic heterocycles. The standard InChI is InChI=1S/C18H16BrNO4/c1-23-15-9-5-13(6-10-15)17(21)20-16(18(22)24-2)11-12-3-7-14(19)8-4-12/h3-11H,1-2H3,(H,20,21)/b16-11-. The van der Waals surface area contributed by atoms with Gasteiger partial charge in [0, 0.05) is 10.0 Å². The molecule has 0 saturated heterocycles. The first-order chi connectivity index (χ1) is 11.5. The minimum atomic E-state index is -0.625. The molecular formula is C18H16BrNO4. The van der Waals surface area contributed by atoms with Gasteiger partial charge >= 0.3 is 5.97 Å². The van der Waals surface area contributed by atoms with Gasteiger partial charge < -0.3 is 14.8 Å². The van der Waals surface area contributed by atoms with E-state index in [-0.39, 0.29) is 5.70 Å². The van der Waals surface area contributed by atoms with Gasteiger partial charge in [-0.25, -0.2) is 4.79 Å². The minimum Gasteiger partial charge on any atom is -0.497 e. The first-order valence-electron chi connectivity index (χ1n) is 7.04. The highest BCUT2D eigenvalue weighted by Crippen LogP contribution is 2.14. The van der Waals surface area contributed by atoms with Crippen molar-refractivity contribution in [2.45, 2.75) is 0 Å². The van der Waals surface area contributed by atoms with Crippen LogP contribution in [0.1, 0.15) is 15.9 Å². The quantitative estimate of drug-likeness (QED) is 0.628. The number of hydrogen-bond acceptors (Lipinski definition) is 4. The van der Waals surface area contributed by atoms with Crippen LogP contribution in [-0.2, 0) is 9.53 Å². The van der Waals surface area contributed by atoms with Crippen LogP contribution < -0.4 is 10.1 Å². The Hall–Kier alpha value is -2.60. The molecular weight excluding hydrogens is 374 g/mol. The van der Waals surface area contributed by atoms with Crippen molar-refractivity contribution in [2.75, 3.05) is 14.2 Å². The third kappa shape index (κ3) is 4.70. The van der Waals surface area contributed by atoms with Gasteiger partial charge in [0.15, 0.2) is 0 Å². The van der Waals surface area contributed by atoms with Crippen LogP contribution in [0.4, 0.5) is 0 Å². The fourth-order valence-electron chi connectivity index (χ4n) is 1.92. The summed E-state index contributed by atoms with van der Waals surface area (Å²) in [6, 6.07) is 13.9. The number of esters is 1. The molecule has 1 N–H and O–H groups in total. The van der Waals surface area contributed by atoms with E-state index < -0.39 is 11.9 Å². The highest BCUT2D eigenvalue weighted by molar-refractivity contribution is 9.10. The Balaban J connectivity index is 2.23. The largest absolute Gasteiger partial charge is 0.497 e. The second-order valence-electron chi connectivity index (χ2n) is 4.78. The Bertz CT molecular complexity index is 752. The van der Waals surface area contributed by atoms with Crippen LogP contribution in [-0.4, -0.2) is 26.1 Å². The molecule has 2 aromatic rings. The van der Waals surface area contributed by atoms with Crippen molar-refractivity contribution in [3.63, 3.8) is 0 Å². The van der Waals surface area contributed by atoms with E-state index in [2.05, 4.69) is 21.2 Å². The monoisotopic (exact) mass is 389 g/mol. The predicted molar refractivity (Wildman–Crippen MR) is 94.6 cm³/mol. The minimum absolute atomic E-state index is 0.0561. The lowest BCUT2D eigenvalue weighted by Gasteiger charge is -2.09. The second-order valence-corrected chi connectivity index (χ2v) is 5.70. The van der Waals surface area contributed by atoms with Crippen LogP contribution in [0.25, 0.3) is 6.08 Å². The molecule has 6 heteroatoms. The number of benzene rings is 2. The van der Waals surface area contributed by atoms with Gasteiger partial charge in [0.05, 0.1) is 14.2 Å². The SMILES string of the molecule is COC(=O)/C(=C/c1ccc(Br)cc1)NC(=O)c1ccc(OC)cc1. The molecule has 5 nitrogen and oxygen atoms in total. The summed E-state index contributed by atoms with van der Waals surface area (Å²) in [6.07, 6.45) is 1.56. The number of methoxy groups -OCH3 is 2. The third-order valence-electron chi connectivity index (χ3n) is 3.19. The maximum Gasteiger partial charge on any atom is 0.354 e. The summed E-state index contributed by atoms with van der Waals surface area (Å²) in [5.41, 5.74) is 1.22. The van der Waals surface area contributed by atoms with E-state index in [9.17, 15) is 9.59 Å². The van der Waals surface area contributed by atoms with Gasteiger partial charge in [0.1, 0.15) is 11.4 Å². The molecule has 0 aliphatic rings. The van der Waals surface area contributed by atoms with E-state index in [1.54, 1.807) is 37.5 Å². The van der Waals surface area contributed by atoms with Crippen LogP contribution >= 0.6 is 15.9 Å². The fourth-order valence-corrected chi connectivity index (χ4v) is 2.18. The van der Waals surface area contributed by atoms with Crippen molar-refractivity contribution >= 4 is 33.9 Å². The topological polar surface area (TPSA) is 64.6 Å². The first kappa shape index (κ1) is 17.7. The van der Waals surface area contributed by atoms with E-state index in [0.29, 0.717) is 11.3 Å². The van der Waals surface area contributed by atoms with Gasteiger partial charge in [0.2, 0.25) is 0 Å². The molecule has 0 bridgehead atoms. The summed E-state index contributed by atoms with van der Waals surface area (Å²) in [6.45, 7) is 0. The second kappa shape index (κ2) is 8.31. The van der Waals surface area contributed by atoms with Gasteiger partial charge in [-0.05, 0) is 48.0 Å². The van der Waals surface area contributed by atoms with Crippen molar-refractivity contribution in [1.82, 2.24) is 5.32 Å². The molecule has 0 radical (unpaired) electrons. The Morgan fingerprint density at radius 2 is 1.62 bits per heavy atom. The molecule has 24 heavy (non-hydrogen) atoms. The summed E-state index contributed by atoms with van der Waals surface area (Å²) in [7, 11) is 2.81. The third-order valence-corrected chi connectivity index (χ3v) is 3.72. The van der Waals surface area contributed by atoms with Crippen molar-refractivity contribution in [2.24, 2.45) is 0 Å². The van der Waals surface area contributed by atoms with Crippen molar-refractivity contribution < 1.29 is 19.1 Å². The summed E-state index contributed by atoms with van der Waals surface area (Å²) >= 11 is 3.34. The number of amides is 1. The van der Waals surface area contributed by atoms with Gasteiger partial charge in [-0.1, -0.05) is 28.1 Å². The highest BCUT2D eigenvalue weighted by atomic mass is 79.9. The van der Waals surface area contributed by atoms with Crippen LogP contribution in [0.2, 0.25) is 0 Å². The smallest absolute Gasteiger partial charge is 0.354 e. The van der Waals surface area contributed by atoms with Gasteiger partial charge in [-0.15, -0.1) is 0 Å². The molecule has 0 fully saturated rings. The molecule has 0 atom stereocenters. The Morgan fingerprint density at radius 1 is 1.00 bits per heavy atom. The molecule has 1 amide bonds. The molecule has 0 unspecified atom stereocenters. The number of carbonyl (C=O) groups is 2. The van der Waals surface area contributed by atoms with E-state index in [1.165, 1.54) is 7.11 Å². The number of nitrogens with one attached hydrogen (secondary N) is 1. The summed E-state index contributed by atoms with van der Waals surface area (Å²) in [5.74, 6) is -0.392. The molecule has 0 saturated carbocycles. The average Bonchev–Trinajstić information content (AvgIpc) is 2.62. The molecule has 0 spiro atoms. The zero-order valence-electron chi connectivity index (χ0n) is 13.2. The van der Waals surface area contributed by atoms with Gasteiger partial charge in [-0.2, -0.15) is 0 Å². The first-order valence-corrected chi connectivity index (χ1v) is 7.84. The normalized spacial score (nSPS) is 10.9. The highest BCUT2D eigenvalue weighted by Gasteiger charge is 2.15. The lowest BCUT2D eigenvalue weighted by Crippen LogP contribution is -2.28. The zero-order valence-corrected chi connectivity index (χ0v) is 14.8. The number of halogens is 1. The van der Waals surface area contributed by atoms with Gasteiger partial charge in [-0.3, -0.25) is 4.79 Å². The predicted octanol–water partition coefficient (Wildman–Crippen LogP) is 3.40. The Morgan fingerprint density at radius 3 is 2.17 bits per heavy atom. The number of rotatable bonds is 5. The molecule has 0 heterocycles. The van der Waals surface area contributed by atoms with E-state index in [0.717, 1.165) is 10.0 Å². The Kier molecular flexibility index (Phi) is 6.14. The van der Waals surface area contributed by atoms with Crippen LogP contribution in [0.15, 0.2) is 58.7 Å². The average molecular weight is 390 g/mol. The molecule has 2 aromatic carbocycles. The summed E-state index contributed by atoms with van der Waals surface area (Å²) < 4.78 is 10.7. The lowest BCUT2D eigenvalue weighted by molar-refractivity contribution is -0.136. The molecule has 0 aliphatic carbocycles. The molecule has 2 rings (SSSR count). The van der Waals surface area contributed by atoms with Crippen molar-refractivity contribution in [3.05, 3.63) is 69.8 Å². The number of hydrogen-bond donors (Lipinski definition) is 1. The Labute approximate surface area is 148 Å². The van der Waals surface area contributed by atoms with Crippen LogP contribution in [0.5, 0.6) is 5.75 Å². The number of ether oxygens (including phenoxy) is 2. The number of carbonyl (C=O) groups excluding carboxylic acids is 2. The zero-order chi connectivity index (χ0) is 17.5. The molecule has 0 aliphatic heterocycles. The fraction of sp³-hybridized carbons (Fsp3) is 0.111. The van der Waals surface area contributed by atoms with E-state index >= 15 is 0 Å². The van der Waals surface area contributed by atoms with Crippen LogP contribution in [0.3, 0.4) is 0 Å². The lowest BCUT2D eigenvalue weighted by atomic mass is 10.1. The van der Waals surface area contributed by atoms with Crippen molar-refractivity contribution in [3.8, 4) is 5.75 Å². The van der Waals surface area contributed by atoms with Crippen molar-refractivity contribution in [1.29, 1.82) is 0 Å². The summed E-state index contributed by atoms with van der Waals surface area (Å²) in [5, 5.41) is 2.58. The van der Waals surface area contributed by atoms with E-state index in [4.69, 9.17) is 9.47 Å².